The zero-order valence-electron chi connectivity index (χ0n) is 10.3. The Bertz CT molecular complexity index is 413. The molecule has 1 N–H and O–H groups in total. The fourth-order valence-electron chi connectivity index (χ4n) is 2.37. The number of aliphatic hydroxyl groups is 1. The fraction of sp³-hybridized carbons (Fsp3) is 0.462. The van der Waals surface area contributed by atoms with E-state index in [9.17, 15) is 9.90 Å². The predicted molar refractivity (Wildman–Crippen MR) is 63.7 cm³/mol. The summed E-state index contributed by atoms with van der Waals surface area (Å²) < 4.78 is 5.09. The monoisotopic (exact) mass is 235 g/mol. The highest BCUT2D eigenvalue weighted by Crippen LogP contribution is 2.40. The summed E-state index contributed by atoms with van der Waals surface area (Å²) >= 11 is 0. The minimum absolute atomic E-state index is 0.000757. The molecule has 0 aliphatic carbocycles. The lowest BCUT2D eigenvalue weighted by molar-refractivity contribution is -0.161. The topological polar surface area (TPSA) is 49.8 Å². The Morgan fingerprint density at radius 1 is 1.35 bits per heavy atom. The van der Waals surface area contributed by atoms with Gasteiger partial charge in [0.1, 0.15) is 5.75 Å². The summed E-state index contributed by atoms with van der Waals surface area (Å²) in [6, 6.07) is 7.56. The summed E-state index contributed by atoms with van der Waals surface area (Å²) in [6.07, 6.45) is -0.620. The number of β-lactam (4-membered cyclic amide) rings is 1. The van der Waals surface area contributed by atoms with Crippen molar-refractivity contribution in [3.05, 3.63) is 29.8 Å². The lowest BCUT2D eigenvalue weighted by Gasteiger charge is -2.46. The maximum absolute atomic E-state index is 11.7. The summed E-state index contributed by atoms with van der Waals surface area (Å²) in [5.41, 5.74) is 1.03. The molecule has 1 aliphatic rings. The van der Waals surface area contributed by atoms with Gasteiger partial charge in [-0.1, -0.05) is 12.1 Å². The minimum Gasteiger partial charge on any atom is -0.497 e. The first-order valence-electron chi connectivity index (χ1n) is 5.65. The summed E-state index contributed by atoms with van der Waals surface area (Å²) in [7, 11) is 3.38. The molecule has 17 heavy (non-hydrogen) atoms. The van der Waals surface area contributed by atoms with E-state index in [1.807, 2.05) is 24.3 Å². The second-order valence-corrected chi connectivity index (χ2v) is 4.43. The van der Waals surface area contributed by atoms with Gasteiger partial charge in [-0.15, -0.1) is 0 Å². The summed E-state index contributed by atoms with van der Waals surface area (Å²) in [4.78, 5) is 13.3. The average Bonchev–Trinajstić information content (AvgIpc) is 2.34. The highest BCUT2D eigenvalue weighted by molar-refractivity contribution is 5.86. The molecule has 1 fully saturated rings. The normalized spacial score (nSPS) is 25.4. The smallest absolute Gasteiger partial charge is 0.231 e. The number of rotatable bonds is 3. The maximum atomic E-state index is 11.7. The van der Waals surface area contributed by atoms with Crippen molar-refractivity contribution in [1.82, 2.24) is 4.90 Å². The number of likely N-dealkylation sites (tertiary alicyclic amines) is 1. The van der Waals surface area contributed by atoms with E-state index in [1.165, 1.54) is 0 Å². The molecule has 0 bridgehead atoms. The standard InChI is InChI=1S/C13H17NO3/c1-8(15)11-12(14(2)13(11)16)9-4-6-10(17-3)7-5-9/h4-8,11-12,15H,1-3H3/t8?,11-,12-/m1/s1. The van der Waals surface area contributed by atoms with Crippen LogP contribution in [0.25, 0.3) is 0 Å². The summed E-state index contributed by atoms with van der Waals surface area (Å²) in [6.45, 7) is 1.66. The van der Waals surface area contributed by atoms with Crippen molar-refractivity contribution in [3.63, 3.8) is 0 Å². The van der Waals surface area contributed by atoms with Crippen LogP contribution in [-0.4, -0.2) is 36.2 Å². The third kappa shape index (κ3) is 1.89. The molecule has 3 atom stereocenters. The Labute approximate surface area is 101 Å². The minimum atomic E-state index is -0.620. The van der Waals surface area contributed by atoms with Gasteiger partial charge in [-0.25, -0.2) is 0 Å². The molecule has 0 radical (unpaired) electrons. The number of hydrogen-bond donors (Lipinski definition) is 1. The van der Waals surface area contributed by atoms with Gasteiger partial charge in [-0.05, 0) is 24.6 Å². The van der Waals surface area contributed by atoms with Crippen LogP contribution in [0.5, 0.6) is 5.75 Å². The van der Waals surface area contributed by atoms with Crippen LogP contribution >= 0.6 is 0 Å². The van der Waals surface area contributed by atoms with E-state index in [4.69, 9.17) is 4.74 Å². The molecule has 1 heterocycles. The van der Waals surface area contributed by atoms with Crippen LogP contribution < -0.4 is 4.74 Å². The molecule has 1 unspecified atom stereocenters. The van der Waals surface area contributed by atoms with Crippen LogP contribution in [0.1, 0.15) is 18.5 Å². The fourth-order valence-corrected chi connectivity index (χ4v) is 2.37. The first kappa shape index (κ1) is 11.9. The van der Waals surface area contributed by atoms with Gasteiger partial charge >= 0.3 is 0 Å². The molecule has 0 aromatic heterocycles. The Balaban J connectivity index is 2.23. The van der Waals surface area contributed by atoms with Crippen LogP contribution in [-0.2, 0) is 4.79 Å². The summed E-state index contributed by atoms with van der Waals surface area (Å²) in [5, 5.41) is 9.62. The van der Waals surface area contributed by atoms with E-state index < -0.39 is 6.10 Å². The highest BCUT2D eigenvalue weighted by Gasteiger charge is 2.48. The third-order valence-electron chi connectivity index (χ3n) is 3.37. The Morgan fingerprint density at radius 3 is 2.41 bits per heavy atom. The molecule has 1 saturated heterocycles. The average molecular weight is 235 g/mol. The number of carbonyl (C=O) groups is 1. The van der Waals surface area contributed by atoms with E-state index in [0.29, 0.717) is 0 Å². The molecule has 1 aliphatic heterocycles. The highest BCUT2D eigenvalue weighted by atomic mass is 16.5. The van der Waals surface area contributed by atoms with E-state index in [0.717, 1.165) is 11.3 Å². The van der Waals surface area contributed by atoms with E-state index in [-0.39, 0.29) is 17.9 Å². The molecule has 1 aromatic rings. The quantitative estimate of drug-likeness (QED) is 0.801. The lowest BCUT2D eigenvalue weighted by atomic mass is 9.80. The molecular weight excluding hydrogens is 218 g/mol. The van der Waals surface area contributed by atoms with Gasteiger partial charge in [-0.3, -0.25) is 4.79 Å². The van der Waals surface area contributed by atoms with Crippen LogP contribution in [0, 0.1) is 5.92 Å². The molecule has 0 saturated carbocycles. The number of ether oxygens (including phenoxy) is 1. The molecule has 4 heteroatoms. The van der Waals surface area contributed by atoms with Crippen molar-refractivity contribution in [2.24, 2.45) is 5.92 Å². The van der Waals surface area contributed by atoms with Crippen LogP contribution in [0.2, 0.25) is 0 Å². The number of carbonyl (C=O) groups excluding carboxylic acids is 1. The van der Waals surface area contributed by atoms with Crippen molar-refractivity contribution in [2.45, 2.75) is 19.1 Å². The number of amides is 1. The van der Waals surface area contributed by atoms with Crippen molar-refractivity contribution in [2.75, 3.05) is 14.2 Å². The van der Waals surface area contributed by atoms with Crippen LogP contribution in [0.3, 0.4) is 0 Å². The first-order valence-corrected chi connectivity index (χ1v) is 5.65. The zero-order chi connectivity index (χ0) is 12.6. The second-order valence-electron chi connectivity index (χ2n) is 4.43. The maximum Gasteiger partial charge on any atom is 0.231 e. The Morgan fingerprint density at radius 2 is 1.94 bits per heavy atom. The lowest BCUT2D eigenvalue weighted by Crippen LogP contribution is -2.56. The SMILES string of the molecule is COc1ccc([C@@H]2[C@@H](C(C)O)C(=O)N2C)cc1. The van der Waals surface area contributed by atoms with Gasteiger partial charge in [0.2, 0.25) is 5.91 Å². The van der Waals surface area contributed by atoms with E-state index in [2.05, 4.69) is 0 Å². The molecule has 92 valence electrons. The van der Waals surface area contributed by atoms with Gasteiger partial charge < -0.3 is 14.7 Å². The largest absolute Gasteiger partial charge is 0.497 e. The molecule has 4 nitrogen and oxygen atoms in total. The van der Waals surface area contributed by atoms with Crippen LogP contribution in [0.15, 0.2) is 24.3 Å². The Kier molecular flexibility index (Phi) is 3.07. The van der Waals surface area contributed by atoms with Crippen molar-refractivity contribution in [3.8, 4) is 5.75 Å². The second kappa shape index (κ2) is 4.37. The number of methoxy groups -OCH3 is 1. The Hall–Kier alpha value is -1.55. The van der Waals surface area contributed by atoms with Crippen molar-refractivity contribution >= 4 is 5.91 Å². The first-order chi connectivity index (χ1) is 8.06. The molecular formula is C13H17NO3. The predicted octanol–water partition coefficient (Wildman–Crippen LogP) is 1.21. The number of hydrogen-bond acceptors (Lipinski definition) is 3. The number of nitrogens with zero attached hydrogens (tertiary/aromatic N) is 1. The molecule has 2 rings (SSSR count). The van der Waals surface area contributed by atoms with Gasteiger partial charge in [0, 0.05) is 7.05 Å². The van der Waals surface area contributed by atoms with Crippen molar-refractivity contribution in [1.29, 1.82) is 0 Å². The molecule has 1 amide bonds. The van der Waals surface area contributed by atoms with Crippen molar-refractivity contribution < 1.29 is 14.6 Å². The van der Waals surface area contributed by atoms with E-state index in [1.54, 1.807) is 26.0 Å². The van der Waals surface area contributed by atoms with Gasteiger partial charge in [0.05, 0.1) is 25.2 Å². The number of aliphatic hydroxyl groups excluding tert-OH is 1. The van der Waals surface area contributed by atoms with Gasteiger partial charge in [-0.2, -0.15) is 0 Å². The summed E-state index contributed by atoms with van der Waals surface area (Å²) in [5.74, 6) is 0.463. The van der Waals surface area contributed by atoms with Crippen LogP contribution in [0.4, 0.5) is 0 Å². The zero-order valence-corrected chi connectivity index (χ0v) is 10.3. The van der Waals surface area contributed by atoms with E-state index >= 15 is 0 Å². The molecule has 1 aromatic carbocycles. The third-order valence-corrected chi connectivity index (χ3v) is 3.37. The number of benzene rings is 1. The van der Waals surface area contributed by atoms with Gasteiger partial charge in [0.15, 0.2) is 0 Å². The molecule has 0 spiro atoms. The van der Waals surface area contributed by atoms with Gasteiger partial charge in [0.25, 0.3) is 0 Å².